The number of piperidine rings is 2. The van der Waals surface area contributed by atoms with Crippen LogP contribution in [-0.4, -0.2) is 52.6 Å². The average molecular weight is 524 g/mol. The highest BCUT2D eigenvalue weighted by Gasteiger charge is 2.64. The summed E-state index contributed by atoms with van der Waals surface area (Å²) in [5.74, 6) is 4.10. The molecule has 0 aromatic carbocycles. The van der Waals surface area contributed by atoms with E-state index in [1.807, 2.05) is 0 Å². The lowest BCUT2D eigenvalue weighted by molar-refractivity contribution is -0.175. The zero-order valence-corrected chi connectivity index (χ0v) is 23.3. The third-order valence-electron chi connectivity index (χ3n) is 12.8. The van der Waals surface area contributed by atoms with Crippen LogP contribution in [0.25, 0.3) is 0 Å². The Kier molecular flexibility index (Phi) is 5.94. The number of fused-ring (bicyclic) bond motifs is 8. The number of aliphatic hydroxyl groups is 1. The van der Waals surface area contributed by atoms with Gasteiger partial charge in [-0.25, -0.2) is 4.79 Å². The molecule has 0 radical (unpaired) electrons. The van der Waals surface area contributed by atoms with Gasteiger partial charge in [0, 0.05) is 31.5 Å². The largest absolute Gasteiger partial charge is 0.457 e. The van der Waals surface area contributed by atoms with Crippen molar-refractivity contribution in [1.29, 1.82) is 0 Å². The maximum Gasteiger partial charge on any atom is 0.374 e. The number of ether oxygens (including phenoxy) is 1. The third kappa shape index (κ3) is 3.72. The Morgan fingerprint density at radius 1 is 1.03 bits per heavy atom. The predicted octanol–water partition coefficient (Wildman–Crippen LogP) is 5.34. The van der Waals surface area contributed by atoms with E-state index in [9.17, 15) is 14.7 Å². The van der Waals surface area contributed by atoms with Gasteiger partial charge in [0.25, 0.3) is 0 Å². The van der Waals surface area contributed by atoms with E-state index in [0.29, 0.717) is 66.1 Å². The summed E-state index contributed by atoms with van der Waals surface area (Å²) in [5.41, 5.74) is -0.625. The fourth-order valence-corrected chi connectivity index (χ4v) is 11.1. The van der Waals surface area contributed by atoms with E-state index in [4.69, 9.17) is 9.15 Å². The monoisotopic (exact) mass is 523 g/mol. The molecule has 0 unspecified atom stereocenters. The molecule has 6 aliphatic rings. The van der Waals surface area contributed by atoms with Crippen LogP contribution in [0.2, 0.25) is 0 Å². The van der Waals surface area contributed by atoms with Crippen LogP contribution in [0.1, 0.15) is 89.1 Å². The van der Waals surface area contributed by atoms with Crippen LogP contribution in [-0.2, 0) is 9.53 Å². The van der Waals surface area contributed by atoms with Crippen LogP contribution in [0, 0.1) is 52.8 Å². The van der Waals surface area contributed by atoms with E-state index < -0.39 is 11.6 Å². The Morgan fingerprint density at radius 2 is 1.87 bits per heavy atom. The summed E-state index contributed by atoms with van der Waals surface area (Å²) < 4.78 is 11.0. The summed E-state index contributed by atoms with van der Waals surface area (Å²) in [7, 11) is 0. The number of hydrogen-bond acceptors (Lipinski definition) is 6. The molecule has 0 amide bonds. The van der Waals surface area contributed by atoms with Crippen LogP contribution < -0.4 is 0 Å². The van der Waals surface area contributed by atoms with Crippen molar-refractivity contribution in [1.82, 2.24) is 4.90 Å². The van der Waals surface area contributed by atoms with Gasteiger partial charge in [-0.3, -0.25) is 9.69 Å². The van der Waals surface area contributed by atoms with E-state index in [1.54, 1.807) is 12.1 Å². The van der Waals surface area contributed by atoms with Crippen molar-refractivity contribution >= 4 is 11.8 Å². The van der Waals surface area contributed by atoms with E-state index in [1.165, 1.54) is 25.5 Å². The fourth-order valence-electron chi connectivity index (χ4n) is 11.1. The van der Waals surface area contributed by atoms with Crippen molar-refractivity contribution in [2.45, 2.75) is 96.3 Å². The summed E-state index contributed by atoms with van der Waals surface area (Å²) >= 11 is 0. The van der Waals surface area contributed by atoms with E-state index in [-0.39, 0.29) is 23.2 Å². The van der Waals surface area contributed by atoms with Crippen molar-refractivity contribution in [3.63, 3.8) is 0 Å². The third-order valence-corrected chi connectivity index (χ3v) is 12.8. The van der Waals surface area contributed by atoms with Crippen LogP contribution >= 0.6 is 0 Å². The first-order valence-corrected chi connectivity index (χ1v) is 15.4. The molecule has 3 heterocycles. The van der Waals surface area contributed by atoms with Crippen molar-refractivity contribution in [3.05, 3.63) is 24.2 Å². The normalized spacial score (nSPS) is 50.3. The molecule has 4 saturated carbocycles. The van der Waals surface area contributed by atoms with Gasteiger partial charge in [-0.1, -0.05) is 13.8 Å². The van der Waals surface area contributed by atoms with Gasteiger partial charge in [0.2, 0.25) is 5.76 Å². The fraction of sp³-hybridized carbons (Fsp3) is 0.812. The number of carbonyl (C=O) groups excluding carboxylic acids is 2. The summed E-state index contributed by atoms with van der Waals surface area (Å²) in [6.45, 7) is 9.14. The number of esters is 1. The van der Waals surface area contributed by atoms with Crippen molar-refractivity contribution in [2.75, 3.05) is 13.1 Å². The smallest absolute Gasteiger partial charge is 0.374 e. The molecule has 12 atom stereocenters. The Morgan fingerprint density at radius 3 is 2.66 bits per heavy atom. The maximum absolute atomic E-state index is 13.7. The minimum Gasteiger partial charge on any atom is -0.457 e. The molecule has 7 rings (SSSR count). The number of rotatable bonds is 2. The van der Waals surface area contributed by atoms with Gasteiger partial charge in [0.15, 0.2) is 0 Å². The lowest BCUT2D eigenvalue weighted by Gasteiger charge is -2.59. The minimum atomic E-state index is -0.611. The first-order valence-electron chi connectivity index (χ1n) is 15.4. The van der Waals surface area contributed by atoms with Gasteiger partial charge in [-0.05, 0) is 117 Å². The summed E-state index contributed by atoms with van der Waals surface area (Å²) in [6, 6.07) is 3.64. The van der Waals surface area contributed by atoms with Crippen LogP contribution in [0.3, 0.4) is 0 Å². The number of carbonyl (C=O) groups is 2. The topological polar surface area (TPSA) is 80.0 Å². The van der Waals surface area contributed by atoms with Crippen molar-refractivity contribution in [2.24, 2.45) is 52.8 Å². The van der Waals surface area contributed by atoms with Gasteiger partial charge >= 0.3 is 5.97 Å². The Bertz CT molecular complexity index is 1080. The van der Waals surface area contributed by atoms with E-state index >= 15 is 0 Å². The second-order valence-electron chi connectivity index (χ2n) is 14.6. The highest BCUT2D eigenvalue weighted by molar-refractivity contribution is 5.86. The predicted molar refractivity (Wildman–Crippen MR) is 142 cm³/mol. The van der Waals surface area contributed by atoms with Gasteiger partial charge < -0.3 is 14.3 Å². The second-order valence-corrected chi connectivity index (χ2v) is 14.6. The maximum atomic E-state index is 13.7. The molecular weight excluding hydrogens is 478 g/mol. The number of furan rings is 1. The molecule has 1 N–H and O–H groups in total. The van der Waals surface area contributed by atoms with E-state index in [2.05, 4.69) is 25.7 Å². The molecule has 4 aliphatic carbocycles. The molecule has 0 spiro atoms. The second kappa shape index (κ2) is 8.92. The zero-order chi connectivity index (χ0) is 26.4. The lowest BCUT2D eigenvalue weighted by atomic mass is 9.51. The van der Waals surface area contributed by atoms with Crippen LogP contribution in [0.5, 0.6) is 0 Å². The number of Topliss-reactive ketones (excluding diaryl/α,β-unsaturated/α-hetero) is 1. The molecule has 6 heteroatoms. The molecule has 1 aromatic heterocycles. The Hall–Kier alpha value is -1.66. The Labute approximate surface area is 226 Å². The first kappa shape index (κ1) is 25.3. The molecule has 0 bridgehead atoms. The standard InChI is InChI=1S/C32H45NO5/c1-18-6-9-29-32(3,36)24-8-7-20-21(23(24)17-33(29)16-18)14-25-22(20)15-27(34)26-13-19(10-11-31(25,26)2)38-30(35)28-5-4-12-37-28/h4-5,12,18-26,29,36H,6-11,13-17H2,1-3H3/t18-,19-,20+,21+,22+,23-,24-,25-,26+,29-,31+,32-/m0/s1. The quantitative estimate of drug-likeness (QED) is 0.527. The highest BCUT2D eigenvalue weighted by atomic mass is 16.6. The minimum absolute atomic E-state index is 0.0141. The Balaban J connectivity index is 1.11. The van der Waals surface area contributed by atoms with E-state index in [0.717, 1.165) is 38.8 Å². The SMILES string of the molecule is C[C@H]1CC[C@@H]2N(C1)C[C@H]1[C@@H]3C[C@H]4[C@H](CC(=O)[C@H]5C[C@@H](OC(=O)c6ccco6)CC[C@@]54C)[C@@H]3CC[C@@H]1[C@]2(C)O. The molecule has 38 heavy (non-hydrogen) atoms. The lowest BCUT2D eigenvalue weighted by Crippen LogP contribution is -2.67. The molecule has 208 valence electrons. The molecule has 2 saturated heterocycles. The van der Waals surface area contributed by atoms with Crippen molar-refractivity contribution in [3.8, 4) is 0 Å². The number of ketones is 1. The van der Waals surface area contributed by atoms with Crippen LogP contribution in [0.15, 0.2) is 22.8 Å². The molecule has 2 aliphatic heterocycles. The van der Waals surface area contributed by atoms with Crippen LogP contribution in [0.4, 0.5) is 0 Å². The molecule has 1 aromatic rings. The summed E-state index contributed by atoms with van der Waals surface area (Å²) in [6.07, 6.45) is 10.2. The van der Waals surface area contributed by atoms with Crippen molar-refractivity contribution < 1.29 is 23.8 Å². The molecule has 6 fully saturated rings. The van der Waals surface area contributed by atoms with Gasteiger partial charge in [-0.15, -0.1) is 0 Å². The molecule has 6 nitrogen and oxygen atoms in total. The zero-order valence-electron chi connectivity index (χ0n) is 23.3. The van der Waals surface area contributed by atoms with Gasteiger partial charge in [0.05, 0.1) is 11.9 Å². The van der Waals surface area contributed by atoms with Gasteiger partial charge in [-0.2, -0.15) is 0 Å². The number of hydrogen-bond donors (Lipinski definition) is 1. The molecular formula is C32H45NO5. The summed E-state index contributed by atoms with van der Waals surface area (Å²) in [5, 5.41) is 11.9. The first-order chi connectivity index (χ1) is 18.2. The highest BCUT2D eigenvalue weighted by Crippen LogP contribution is 2.66. The summed E-state index contributed by atoms with van der Waals surface area (Å²) in [4.78, 5) is 28.9. The average Bonchev–Trinajstić information content (AvgIpc) is 3.54. The van der Waals surface area contributed by atoms with Gasteiger partial charge in [0.1, 0.15) is 11.9 Å². The number of nitrogens with zero attached hydrogens (tertiary/aromatic N) is 1.